The van der Waals surface area contributed by atoms with Crippen LogP contribution >= 0.6 is 0 Å². The Kier molecular flexibility index (Phi) is 2.41. The van der Waals surface area contributed by atoms with Crippen LogP contribution in [-0.2, 0) is 0 Å². The van der Waals surface area contributed by atoms with Crippen molar-refractivity contribution in [2.24, 2.45) is 0 Å². The van der Waals surface area contributed by atoms with Crippen molar-refractivity contribution < 1.29 is 4.42 Å². The number of nitrogen functional groups attached to an aromatic ring is 1. The van der Waals surface area contributed by atoms with Crippen LogP contribution in [0.2, 0.25) is 0 Å². The van der Waals surface area contributed by atoms with Crippen LogP contribution in [0.3, 0.4) is 0 Å². The minimum absolute atomic E-state index is 0.190. The summed E-state index contributed by atoms with van der Waals surface area (Å²) < 4.78 is 5.28. The zero-order valence-corrected chi connectivity index (χ0v) is 9.24. The fraction of sp³-hybridized carbons (Fsp3) is 0.154. The summed E-state index contributed by atoms with van der Waals surface area (Å²) in [6, 6.07) is 10.0. The van der Waals surface area contributed by atoms with E-state index in [-0.39, 0.29) is 5.88 Å². The van der Waals surface area contributed by atoms with Crippen molar-refractivity contribution in [1.82, 2.24) is 0 Å². The summed E-state index contributed by atoms with van der Waals surface area (Å²) >= 11 is 0. The number of rotatable bonds is 1. The van der Waals surface area contributed by atoms with Crippen molar-refractivity contribution in [3.05, 3.63) is 41.2 Å². The lowest BCUT2D eigenvalue weighted by Crippen LogP contribution is -1.86. The van der Waals surface area contributed by atoms with Crippen LogP contribution in [0, 0.1) is 25.2 Å². The maximum absolute atomic E-state index is 9.04. The Bertz CT molecular complexity index is 559. The quantitative estimate of drug-likeness (QED) is 0.790. The summed E-state index contributed by atoms with van der Waals surface area (Å²) in [4.78, 5) is 0. The molecule has 3 heteroatoms. The second-order valence-electron chi connectivity index (χ2n) is 3.75. The van der Waals surface area contributed by atoms with E-state index in [1.165, 1.54) is 5.56 Å². The third-order valence-electron chi connectivity index (χ3n) is 2.56. The van der Waals surface area contributed by atoms with Gasteiger partial charge in [-0.3, -0.25) is 0 Å². The van der Waals surface area contributed by atoms with Gasteiger partial charge in [-0.05, 0) is 19.4 Å². The second kappa shape index (κ2) is 3.74. The third kappa shape index (κ3) is 1.55. The summed E-state index contributed by atoms with van der Waals surface area (Å²) in [7, 11) is 0. The van der Waals surface area contributed by atoms with E-state index in [0.29, 0.717) is 11.3 Å². The number of furan rings is 1. The standard InChI is InChI=1S/C13H12N2O/c1-8-3-5-10(6-4-8)12-9(2)16-13(15)11(12)7-14/h3-6H,15H2,1-2H3. The lowest BCUT2D eigenvalue weighted by atomic mass is 10.0. The number of aryl methyl sites for hydroxylation is 2. The minimum atomic E-state index is 0.190. The zero-order valence-electron chi connectivity index (χ0n) is 9.24. The van der Waals surface area contributed by atoms with Crippen LogP contribution < -0.4 is 5.73 Å². The summed E-state index contributed by atoms with van der Waals surface area (Å²) in [6.45, 7) is 3.83. The highest BCUT2D eigenvalue weighted by Crippen LogP contribution is 2.33. The number of nitrogens with zero attached hydrogens (tertiary/aromatic N) is 1. The van der Waals surface area contributed by atoms with Crippen molar-refractivity contribution in [1.29, 1.82) is 5.26 Å². The molecule has 1 aromatic heterocycles. The molecule has 0 aliphatic rings. The minimum Gasteiger partial charge on any atom is -0.444 e. The van der Waals surface area contributed by atoms with Gasteiger partial charge < -0.3 is 10.2 Å². The molecule has 3 nitrogen and oxygen atoms in total. The molecule has 2 aromatic rings. The van der Waals surface area contributed by atoms with Gasteiger partial charge in [0.1, 0.15) is 17.4 Å². The maximum atomic E-state index is 9.04. The molecule has 0 saturated heterocycles. The highest BCUT2D eigenvalue weighted by molar-refractivity contribution is 5.77. The van der Waals surface area contributed by atoms with Gasteiger partial charge in [-0.1, -0.05) is 29.8 Å². The fourth-order valence-corrected chi connectivity index (χ4v) is 1.75. The van der Waals surface area contributed by atoms with Crippen LogP contribution in [-0.4, -0.2) is 0 Å². The molecule has 0 fully saturated rings. The van der Waals surface area contributed by atoms with Gasteiger partial charge in [-0.15, -0.1) is 0 Å². The first kappa shape index (κ1) is 10.3. The molecule has 0 amide bonds. The van der Waals surface area contributed by atoms with Crippen molar-refractivity contribution in [3.63, 3.8) is 0 Å². The fourth-order valence-electron chi connectivity index (χ4n) is 1.75. The number of hydrogen-bond donors (Lipinski definition) is 1. The smallest absolute Gasteiger partial charge is 0.209 e. The van der Waals surface area contributed by atoms with Gasteiger partial charge in [0, 0.05) is 5.56 Å². The molecule has 16 heavy (non-hydrogen) atoms. The Morgan fingerprint density at radius 3 is 2.38 bits per heavy atom. The lowest BCUT2D eigenvalue weighted by Gasteiger charge is -2.00. The first-order valence-corrected chi connectivity index (χ1v) is 4.99. The van der Waals surface area contributed by atoms with E-state index < -0.39 is 0 Å². The molecule has 0 atom stereocenters. The van der Waals surface area contributed by atoms with Gasteiger partial charge in [0.15, 0.2) is 0 Å². The monoisotopic (exact) mass is 212 g/mol. The van der Waals surface area contributed by atoms with Gasteiger partial charge in [0.05, 0.1) is 0 Å². The SMILES string of the molecule is Cc1ccc(-c2c(C)oc(N)c2C#N)cc1. The van der Waals surface area contributed by atoms with E-state index in [1.54, 1.807) is 0 Å². The van der Waals surface area contributed by atoms with Crippen LogP contribution in [0.25, 0.3) is 11.1 Å². The Balaban J connectivity index is 2.64. The first-order valence-electron chi connectivity index (χ1n) is 4.99. The number of hydrogen-bond acceptors (Lipinski definition) is 3. The molecule has 0 aliphatic carbocycles. The number of benzene rings is 1. The molecule has 1 aromatic carbocycles. The summed E-state index contributed by atoms with van der Waals surface area (Å²) in [5, 5.41) is 9.04. The Labute approximate surface area is 94.1 Å². The highest BCUT2D eigenvalue weighted by atomic mass is 16.4. The molecule has 0 radical (unpaired) electrons. The zero-order chi connectivity index (χ0) is 11.7. The van der Waals surface area contributed by atoms with Crippen molar-refractivity contribution in [3.8, 4) is 17.2 Å². The first-order chi connectivity index (χ1) is 7.63. The maximum Gasteiger partial charge on any atom is 0.209 e. The van der Waals surface area contributed by atoms with E-state index in [4.69, 9.17) is 15.4 Å². The molecule has 2 N–H and O–H groups in total. The molecule has 0 bridgehead atoms. The average Bonchev–Trinajstić information content (AvgIpc) is 2.54. The highest BCUT2D eigenvalue weighted by Gasteiger charge is 2.16. The number of nitriles is 1. The van der Waals surface area contributed by atoms with Crippen LogP contribution in [0.1, 0.15) is 16.9 Å². The van der Waals surface area contributed by atoms with E-state index >= 15 is 0 Å². The van der Waals surface area contributed by atoms with Crippen LogP contribution in [0.4, 0.5) is 5.88 Å². The van der Waals surface area contributed by atoms with Gasteiger partial charge in [-0.25, -0.2) is 0 Å². The molecule has 0 aliphatic heterocycles. The Morgan fingerprint density at radius 2 is 1.81 bits per heavy atom. The topological polar surface area (TPSA) is 62.9 Å². The summed E-state index contributed by atoms with van der Waals surface area (Å²) in [6.07, 6.45) is 0. The van der Waals surface area contributed by atoms with Gasteiger partial charge in [0.2, 0.25) is 5.88 Å². The van der Waals surface area contributed by atoms with E-state index in [1.807, 2.05) is 38.1 Å². The Hall–Kier alpha value is -2.21. The predicted octanol–water partition coefficient (Wildman–Crippen LogP) is 3.02. The van der Waals surface area contributed by atoms with Crippen LogP contribution in [0.5, 0.6) is 0 Å². The molecule has 80 valence electrons. The normalized spacial score (nSPS) is 10.1. The molecule has 0 spiro atoms. The van der Waals surface area contributed by atoms with Gasteiger partial charge >= 0.3 is 0 Å². The van der Waals surface area contributed by atoms with Crippen molar-refractivity contribution >= 4 is 5.88 Å². The second-order valence-corrected chi connectivity index (χ2v) is 3.75. The largest absolute Gasteiger partial charge is 0.444 e. The molecule has 0 saturated carbocycles. The summed E-state index contributed by atoms with van der Waals surface area (Å²) in [5.41, 5.74) is 8.98. The molecule has 2 rings (SSSR count). The van der Waals surface area contributed by atoms with Crippen molar-refractivity contribution in [2.75, 3.05) is 5.73 Å². The van der Waals surface area contributed by atoms with Gasteiger partial charge in [-0.2, -0.15) is 5.26 Å². The molecule has 1 heterocycles. The predicted molar refractivity (Wildman–Crippen MR) is 62.7 cm³/mol. The molecular weight excluding hydrogens is 200 g/mol. The summed E-state index contributed by atoms with van der Waals surface area (Å²) in [5.74, 6) is 0.869. The average molecular weight is 212 g/mol. The number of anilines is 1. The lowest BCUT2D eigenvalue weighted by molar-refractivity contribution is 0.554. The van der Waals surface area contributed by atoms with Crippen molar-refractivity contribution in [2.45, 2.75) is 13.8 Å². The van der Waals surface area contributed by atoms with E-state index in [0.717, 1.165) is 11.1 Å². The Morgan fingerprint density at radius 1 is 1.19 bits per heavy atom. The third-order valence-corrected chi connectivity index (χ3v) is 2.56. The molecular formula is C13H12N2O. The van der Waals surface area contributed by atoms with E-state index in [9.17, 15) is 0 Å². The van der Waals surface area contributed by atoms with E-state index in [2.05, 4.69) is 6.07 Å². The molecule has 0 unspecified atom stereocenters. The van der Waals surface area contributed by atoms with Gasteiger partial charge in [0.25, 0.3) is 0 Å². The van der Waals surface area contributed by atoms with Crippen LogP contribution in [0.15, 0.2) is 28.7 Å². The number of nitrogens with two attached hydrogens (primary N) is 1.